The maximum atomic E-state index is 14.7. The van der Waals surface area contributed by atoms with E-state index in [1.54, 1.807) is 0 Å². The van der Waals surface area contributed by atoms with Crippen molar-refractivity contribution < 1.29 is 50.2 Å². The molecule has 2 aromatic rings. The molecule has 1 atom stereocenters. The first-order valence-electron chi connectivity index (χ1n) is 13.3. The minimum Gasteiger partial charge on any atom is -0.478 e. The van der Waals surface area contributed by atoms with Crippen molar-refractivity contribution in [2.45, 2.75) is 23.8 Å². The molecule has 2 aliphatic heterocycles. The lowest BCUT2D eigenvalue weighted by Crippen LogP contribution is -2.48. The fraction of sp³-hybridized carbons (Fsp3) is 0.444. The molecule has 2 heterocycles. The van der Waals surface area contributed by atoms with E-state index in [9.17, 15) is 45.5 Å². The minimum atomic E-state index is -4.51. The number of aliphatic carboxylic acids is 1. The summed E-state index contributed by atoms with van der Waals surface area (Å²) in [6, 6.07) is 3.49. The molecule has 0 spiro atoms. The Bertz CT molecular complexity index is 1470. The van der Waals surface area contributed by atoms with Gasteiger partial charge in [-0.25, -0.2) is 30.8 Å². The molecule has 2 fully saturated rings. The fourth-order valence-electron chi connectivity index (χ4n) is 4.95. The van der Waals surface area contributed by atoms with Crippen molar-refractivity contribution in [3.63, 3.8) is 0 Å². The van der Waals surface area contributed by atoms with Crippen LogP contribution in [0.25, 0.3) is 0 Å². The predicted molar refractivity (Wildman–Crippen MR) is 144 cm³/mol. The number of nitrogens with zero attached hydrogens (tertiary/aromatic N) is 3. The zero-order valence-electron chi connectivity index (χ0n) is 23.1. The van der Waals surface area contributed by atoms with Crippen LogP contribution in [-0.4, -0.2) is 104 Å². The van der Waals surface area contributed by atoms with Crippen molar-refractivity contribution in [3.05, 3.63) is 59.2 Å². The average molecular weight is 631 g/mol. The molecule has 0 aromatic heterocycles. The third kappa shape index (κ3) is 7.68. The summed E-state index contributed by atoms with van der Waals surface area (Å²) >= 11 is 0. The summed E-state index contributed by atoms with van der Waals surface area (Å²) in [6.45, 7) is 2.27. The average Bonchev–Trinajstić information content (AvgIpc) is 2.96. The molecule has 16 heteroatoms. The molecule has 1 amide bonds. The highest BCUT2D eigenvalue weighted by atomic mass is 32.2. The Hall–Kier alpha value is -3.60. The van der Waals surface area contributed by atoms with Gasteiger partial charge < -0.3 is 20.1 Å². The summed E-state index contributed by atoms with van der Waals surface area (Å²) in [7, 11) is -2.56. The molecule has 0 bridgehead atoms. The van der Waals surface area contributed by atoms with Gasteiger partial charge in [-0.15, -0.1) is 0 Å². The van der Waals surface area contributed by atoms with Crippen molar-refractivity contribution in [1.82, 2.24) is 14.1 Å². The van der Waals surface area contributed by atoms with Crippen LogP contribution >= 0.6 is 0 Å². The van der Waals surface area contributed by atoms with Gasteiger partial charge in [0, 0.05) is 68.6 Å². The van der Waals surface area contributed by atoms with Crippen molar-refractivity contribution in [2.75, 3.05) is 58.2 Å². The molecule has 0 radical (unpaired) electrons. The number of carboxylic acids is 1. The van der Waals surface area contributed by atoms with Gasteiger partial charge in [0.05, 0.1) is 6.54 Å². The van der Waals surface area contributed by atoms with Crippen molar-refractivity contribution in [3.8, 4) is 0 Å². The zero-order chi connectivity index (χ0) is 31.5. The molecule has 2 saturated heterocycles. The predicted octanol–water partition coefficient (Wildman–Crippen LogP) is 2.14. The van der Waals surface area contributed by atoms with Gasteiger partial charge in [-0.1, -0.05) is 0 Å². The first kappa shape index (κ1) is 32.3. The number of piperazine rings is 1. The Balaban J connectivity index is 1.41. The summed E-state index contributed by atoms with van der Waals surface area (Å²) in [5.41, 5.74) is -0.812. The van der Waals surface area contributed by atoms with E-state index >= 15 is 0 Å². The highest BCUT2D eigenvalue weighted by molar-refractivity contribution is 7.89. The number of piperidine rings is 1. The standard InChI is InChI=1S/C27H30F4N4O7S/c1-33-8-10-34(11-9-33)15-23(36)42-25(27(38)39)16-4-6-35(7-5-16)43(40,41)22-12-17(2-3-19(22)28)26(37)32-18-13-20(29)24(31)21(30)14-18/h2-3,12-14,16,25H,4-11,15H2,1H3,(H,32,37)(H,38,39). The first-order valence-corrected chi connectivity index (χ1v) is 14.8. The van der Waals surface area contributed by atoms with Gasteiger partial charge in [-0.2, -0.15) is 4.31 Å². The Labute approximate surface area is 245 Å². The van der Waals surface area contributed by atoms with Gasteiger partial charge >= 0.3 is 11.9 Å². The number of anilines is 1. The van der Waals surface area contributed by atoms with Gasteiger partial charge in [-0.3, -0.25) is 14.5 Å². The van der Waals surface area contributed by atoms with E-state index in [0.29, 0.717) is 25.2 Å². The maximum absolute atomic E-state index is 14.7. The summed E-state index contributed by atoms with van der Waals surface area (Å²) in [6.07, 6.45) is -1.49. The number of likely N-dealkylation sites (N-methyl/N-ethyl adjacent to an activating group) is 1. The number of carbonyl (C=O) groups excluding carboxylic acids is 2. The van der Waals surface area contributed by atoms with Crippen LogP contribution in [-0.2, 0) is 24.3 Å². The van der Waals surface area contributed by atoms with E-state index in [1.807, 2.05) is 11.9 Å². The molecule has 2 N–H and O–H groups in total. The van der Waals surface area contributed by atoms with Crippen LogP contribution in [0.15, 0.2) is 35.2 Å². The molecule has 11 nitrogen and oxygen atoms in total. The number of esters is 1. The van der Waals surface area contributed by atoms with Crippen LogP contribution in [0.1, 0.15) is 23.2 Å². The maximum Gasteiger partial charge on any atom is 0.345 e. The van der Waals surface area contributed by atoms with Gasteiger partial charge in [0.25, 0.3) is 5.91 Å². The monoisotopic (exact) mass is 630 g/mol. The lowest BCUT2D eigenvalue weighted by Gasteiger charge is -2.34. The Kier molecular flexibility index (Phi) is 10.0. The number of hydrogen-bond acceptors (Lipinski definition) is 8. The van der Waals surface area contributed by atoms with E-state index in [0.717, 1.165) is 35.6 Å². The number of rotatable bonds is 9. The van der Waals surface area contributed by atoms with Gasteiger partial charge in [-0.05, 0) is 38.1 Å². The highest BCUT2D eigenvalue weighted by Crippen LogP contribution is 2.29. The zero-order valence-corrected chi connectivity index (χ0v) is 23.9. The van der Waals surface area contributed by atoms with Crippen LogP contribution in [0.5, 0.6) is 0 Å². The minimum absolute atomic E-state index is 0.00146. The quantitative estimate of drug-likeness (QED) is 0.243. The second-order valence-corrected chi connectivity index (χ2v) is 12.3. The van der Waals surface area contributed by atoms with Crippen LogP contribution in [0.3, 0.4) is 0 Å². The van der Waals surface area contributed by atoms with Gasteiger partial charge in [0.15, 0.2) is 17.5 Å². The number of hydrogen-bond donors (Lipinski definition) is 2. The molecular weight excluding hydrogens is 600 g/mol. The molecule has 234 valence electrons. The third-order valence-corrected chi connectivity index (χ3v) is 9.34. The van der Waals surface area contributed by atoms with E-state index in [4.69, 9.17) is 4.74 Å². The first-order chi connectivity index (χ1) is 20.3. The SMILES string of the molecule is CN1CCN(CC(=O)OC(C(=O)O)C2CCN(S(=O)(=O)c3cc(C(=O)Nc4cc(F)c(F)c(F)c4)ccc3F)CC2)CC1. The summed E-state index contributed by atoms with van der Waals surface area (Å²) in [5.74, 6) is -9.82. The summed E-state index contributed by atoms with van der Waals surface area (Å²) in [4.78, 5) is 40.1. The summed E-state index contributed by atoms with van der Waals surface area (Å²) in [5, 5.41) is 11.8. The van der Waals surface area contributed by atoms with Crippen molar-refractivity contribution in [2.24, 2.45) is 5.92 Å². The van der Waals surface area contributed by atoms with Crippen molar-refractivity contribution in [1.29, 1.82) is 0 Å². The number of amides is 1. The van der Waals surface area contributed by atoms with Crippen LogP contribution in [0.4, 0.5) is 23.2 Å². The smallest absolute Gasteiger partial charge is 0.345 e. The van der Waals surface area contributed by atoms with E-state index in [2.05, 4.69) is 10.2 Å². The topological polar surface area (TPSA) is 137 Å². The second kappa shape index (κ2) is 13.4. The lowest BCUT2D eigenvalue weighted by molar-refractivity contribution is -0.169. The Morgan fingerprint density at radius 1 is 0.953 bits per heavy atom. The van der Waals surface area contributed by atoms with Crippen molar-refractivity contribution >= 4 is 33.6 Å². The fourth-order valence-corrected chi connectivity index (χ4v) is 6.51. The molecular formula is C27H30F4N4O7S. The van der Waals surface area contributed by atoms with Crippen LogP contribution < -0.4 is 5.32 Å². The number of benzene rings is 2. The summed E-state index contributed by atoms with van der Waals surface area (Å²) < 4.78 is 87.7. The number of halogens is 4. The van der Waals surface area contributed by atoms with E-state index in [-0.39, 0.29) is 38.0 Å². The Morgan fingerprint density at radius 2 is 1.56 bits per heavy atom. The van der Waals surface area contributed by atoms with Gasteiger partial charge in [0.2, 0.25) is 16.1 Å². The highest BCUT2D eigenvalue weighted by Gasteiger charge is 2.38. The molecule has 0 aliphatic carbocycles. The van der Waals surface area contributed by atoms with Gasteiger partial charge in [0.1, 0.15) is 10.7 Å². The molecule has 43 heavy (non-hydrogen) atoms. The van der Waals surface area contributed by atoms with E-state index in [1.165, 1.54) is 0 Å². The number of sulfonamides is 1. The number of ether oxygens (including phenoxy) is 1. The molecule has 2 aliphatic rings. The third-order valence-electron chi connectivity index (χ3n) is 7.43. The Morgan fingerprint density at radius 3 is 2.14 bits per heavy atom. The number of carbonyl (C=O) groups is 3. The molecule has 2 aromatic carbocycles. The lowest BCUT2D eigenvalue weighted by atomic mass is 9.92. The second-order valence-electron chi connectivity index (χ2n) is 10.4. The normalized spacial score (nSPS) is 18.3. The number of carboxylic acid groups (broad SMARTS) is 1. The van der Waals surface area contributed by atoms with E-state index < -0.39 is 73.7 Å². The van der Waals surface area contributed by atoms with Crippen LogP contribution in [0.2, 0.25) is 0 Å². The number of nitrogens with one attached hydrogen (secondary N) is 1. The molecule has 1 unspecified atom stereocenters. The van der Waals surface area contributed by atoms with Crippen LogP contribution in [0, 0.1) is 29.2 Å². The molecule has 4 rings (SSSR count). The largest absolute Gasteiger partial charge is 0.478 e. The molecule has 0 saturated carbocycles.